The van der Waals surface area contributed by atoms with E-state index in [-0.39, 0.29) is 18.5 Å². The van der Waals surface area contributed by atoms with Crippen LogP contribution in [0.15, 0.2) is 0 Å². The molecule has 0 aromatic rings. The molecule has 5 heteroatoms. The molecule has 0 rings (SSSR count). The number of esters is 1. The zero-order valence-electron chi connectivity index (χ0n) is 28.3. The van der Waals surface area contributed by atoms with E-state index in [4.69, 9.17) is 9.47 Å². The number of carbonyl (C=O) groups is 1. The highest BCUT2D eigenvalue weighted by Crippen LogP contribution is 2.20. The summed E-state index contributed by atoms with van der Waals surface area (Å²) in [6, 6.07) is 0. The molecule has 0 saturated heterocycles. The molecule has 0 heterocycles. The molecule has 0 spiro atoms. The van der Waals surface area contributed by atoms with E-state index in [2.05, 4.69) is 32.6 Å². The molecule has 0 amide bonds. The lowest BCUT2D eigenvalue weighted by molar-refractivity contribution is -0.149. The van der Waals surface area contributed by atoms with Gasteiger partial charge in [0.1, 0.15) is 0 Å². The standard InChI is InChI=1S/C36H73NO4/c1-5-9-13-16-26-35(25-15-11-7-3)36(39)41-32-22-19-29-37(27-17-20-30-38)28-18-21-31-40-33-34(23-12-8-4)24-14-10-6-2/h34-35,38H,5-33H2,1-4H3. The zero-order chi connectivity index (χ0) is 30.2. The molecule has 2 atom stereocenters. The summed E-state index contributed by atoms with van der Waals surface area (Å²) >= 11 is 0. The Hall–Kier alpha value is -0.650. The van der Waals surface area contributed by atoms with E-state index in [1.54, 1.807) is 0 Å². The van der Waals surface area contributed by atoms with Crippen LogP contribution in [0.1, 0.15) is 169 Å². The van der Waals surface area contributed by atoms with Gasteiger partial charge in [-0.2, -0.15) is 0 Å². The summed E-state index contributed by atoms with van der Waals surface area (Å²) in [5.41, 5.74) is 0. The number of unbranched alkanes of at least 4 members (excludes halogenated alkanes) is 11. The number of aliphatic hydroxyl groups excluding tert-OH is 1. The second-order valence-electron chi connectivity index (χ2n) is 12.5. The van der Waals surface area contributed by atoms with E-state index < -0.39 is 0 Å². The van der Waals surface area contributed by atoms with Gasteiger partial charge < -0.3 is 19.5 Å². The van der Waals surface area contributed by atoms with Crippen LogP contribution >= 0.6 is 0 Å². The average Bonchev–Trinajstić information content (AvgIpc) is 2.98. The molecule has 0 radical (unpaired) electrons. The molecule has 0 aromatic heterocycles. The zero-order valence-corrected chi connectivity index (χ0v) is 28.3. The first-order chi connectivity index (χ1) is 20.1. The van der Waals surface area contributed by atoms with Gasteiger partial charge in [0.25, 0.3) is 0 Å². The number of carbonyl (C=O) groups excluding carboxylic acids is 1. The summed E-state index contributed by atoms with van der Waals surface area (Å²) in [7, 11) is 0. The maximum absolute atomic E-state index is 12.8. The van der Waals surface area contributed by atoms with Gasteiger partial charge in [-0.25, -0.2) is 0 Å². The summed E-state index contributed by atoms with van der Waals surface area (Å²) < 4.78 is 11.9. The highest BCUT2D eigenvalue weighted by Gasteiger charge is 2.19. The molecule has 1 N–H and O–H groups in total. The Labute approximate surface area is 256 Å². The maximum atomic E-state index is 12.8. The highest BCUT2D eigenvalue weighted by molar-refractivity contribution is 5.72. The Bertz CT molecular complexity index is 530. The van der Waals surface area contributed by atoms with Gasteiger partial charge in [-0.15, -0.1) is 0 Å². The Morgan fingerprint density at radius 3 is 1.71 bits per heavy atom. The maximum Gasteiger partial charge on any atom is 0.308 e. The van der Waals surface area contributed by atoms with Crippen molar-refractivity contribution in [1.82, 2.24) is 4.90 Å². The molecule has 0 saturated carbocycles. The quantitative estimate of drug-likeness (QED) is 0.0615. The van der Waals surface area contributed by atoms with Crippen LogP contribution in [-0.4, -0.2) is 62.0 Å². The minimum Gasteiger partial charge on any atom is -0.465 e. The Morgan fingerprint density at radius 2 is 1.10 bits per heavy atom. The fraction of sp³-hybridized carbons (Fsp3) is 0.972. The van der Waals surface area contributed by atoms with Crippen LogP contribution in [0.25, 0.3) is 0 Å². The summed E-state index contributed by atoms with van der Waals surface area (Å²) in [5.74, 6) is 0.867. The van der Waals surface area contributed by atoms with Gasteiger partial charge in [0.15, 0.2) is 0 Å². The number of aliphatic hydroxyl groups is 1. The van der Waals surface area contributed by atoms with Crippen molar-refractivity contribution in [2.24, 2.45) is 11.8 Å². The summed E-state index contributed by atoms with van der Waals surface area (Å²) in [6.45, 7) is 14.8. The summed E-state index contributed by atoms with van der Waals surface area (Å²) in [6.07, 6.45) is 25.7. The van der Waals surface area contributed by atoms with Gasteiger partial charge in [0, 0.05) is 19.8 Å². The number of hydrogen-bond acceptors (Lipinski definition) is 5. The number of nitrogens with zero attached hydrogens (tertiary/aromatic N) is 1. The largest absolute Gasteiger partial charge is 0.465 e. The number of rotatable bonds is 33. The van der Waals surface area contributed by atoms with Gasteiger partial charge in [0.05, 0.1) is 12.5 Å². The molecule has 0 aromatic carbocycles. The molecule has 41 heavy (non-hydrogen) atoms. The van der Waals surface area contributed by atoms with Crippen LogP contribution in [0.5, 0.6) is 0 Å². The number of ether oxygens (including phenoxy) is 2. The summed E-state index contributed by atoms with van der Waals surface area (Å²) in [5, 5.41) is 9.23. The van der Waals surface area contributed by atoms with Gasteiger partial charge in [-0.1, -0.05) is 105 Å². The first kappa shape index (κ1) is 40.4. The van der Waals surface area contributed by atoms with E-state index >= 15 is 0 Å². The molecule has 0 aliphatic carbocycles. The van der Waals surface area contributed by atoms with Crippen LogP contribution in [0.3, 0.4) is 0 Å². The van der Waals surface area contributed by atoms with Crippen molar-refractivity contribution in [1.29, 1.82) is 0 Å². The normalized spacial score (nSPS) is 13.1. The monoisotopic (exact) mass is 584 g/mol. The van der Waals surface area contributed by atoms with Crippen molar-refractivity contribution >= 4 is 5.97 Å². The van der Waals surface area contributed by atoms with Crippen LogP contribution in [0.2, 0.25) is 0 Å². The predicted octanol–water partition coefficient (Wildman–Crippen LogP) is 9.73. The van der Waals surface area contributed by atoms with E-state index in [1.165, 1.54) is 77.0 Å². The van der Waals surface area contributed by atoms with Crippen molar-refractivity contribution < 1.29 is 19.4 Å². The molecule has 0 bridgehead atoms. The molecule has 2 unspecified atom stereocenters. The highest BCUT2D eigenvalue weighted by atomic mass is 16.5. The van der Waals surface area contributed by atoms with E-state index in [1.807, 2.05) is 0 Å². The topological polar surface area (TPSA) is 59.0 Å². The van der Waals surface area contributed by atoms with Gasteiger partial charge in [0.2, 0.25) is 0 Å². The fourth-order valence-corrected chi connectivity index (χ4v) is 5.63. The van der Waals surface area contributed by atoms with E-state index in [0.29, 0.717) is 6.61 Å². The summed E-state index contributed by atoms with van der Waals surface area (Å²) in [4.78, 5) is 15.3. The third kappa shape index (κ3) is 26.7. The first-order valence-corrected chi connectivity index (χ1v) is 18.2. The average molecular weight is 584 g/mol. The first-order valence-electron chi connectivity index (χ1n) is 18.2. The lowest BCUT2D eigenvalue weighted by Gasteiger charge is -2.22. The second kappa shape index (κ2) is 32.3. The smallest absolute Gasteiger partial charge is 0.308 e. The van der Waals surface area contributed by atoms with Crippen molar-refractivity contribution in [3.8, 4) is 0 Å². The third-order valence-corrected chi connectivity index (χ3v) is 8.44. The Balaban J connectivity index is 4.31. The number of hydrogen-bond donors (Lipinski definition) is 1. The van der Waals surface area contributed by atoms with Crippen LogP contribution in [-0.2, 0) is 14.3 Å². The van der Waals surface area contributed by atoms with E-state index in [9.17, 15) is 9.90 Å². The second-order valence-corrected chi connectivity index (χ2v) is 12.5. The van der Waals surface area contributed by atoms with Gasteiger partial charge >= 0.3 is 5.97 Å². The SMILES string of the molecule is CCCCCCC(CCCCC)C(=O)OCCCCN(CCCCO)CCCCOCC(CCCC)CCCCC. The third-order valence-electron chi connectivity index (χ3n) is 8.44. The molecular formula is C36H73NO4. The lowest BCUT2D eigenvalue weighted by atomic mass is 9.95. The minimum atomic E-state index is 0.0414. The van der Waals surface area contributed by atoms with Crippen molar-refractivity contribution in [3.63, 3.8) is 0 Å². The van der Waals surface area contributed by atoms with Gasteiger partial charge in [-0.3, -0.25) is 4.79 Å². The van der Waals surface area contributed by atoms with Crippen LogP contribution < -0.4 is 0 Å². The minimum absolute atomic E-state index is 0.0414. The van der Waals surface area contributed by atoms with Crippen LogP contribution in [0, 0.1) is 11.8 Å². The molecule has 0 aliphatic rings. The molecule has 0 aliphatic heterocycles. The fourth-order valence-electron chi connectivity index (χ4n) is 5.63. The van der Waals surface area contributed by atoms with Gasteiger partial charge in [-0.05, 0) is 89.8 Å². The molecular weight excluding hydrogens is 510 g/mol. The van der Waals surface area contributed by atoms with Crippen molar-refractivity contribution in [3.05, 3.63) is 0 Å². The molecule has 5 nitrogen and oxygen atoms in total. The van der Waals surface area contributed by atoms with E-state index in [0.717, 1.165) is 103 Å². The Morgan fingerprint density at radius 1 is 0.585 bits per heavy atom. The molecule has 246 valence electrons. The Kier molecular flexibility index (Phi) is 31.8. The van der Waals surface area contributed by atoms with Crippen LogP contribution in [0.4, 0.5) is 0 Å². The lowest BCUT2D eigenvalue weighted by Crippen LogP contribution is -2.28. The molecule has 0 fully saturated rings. The predicted molar refractivity (Wildman–Crippen MR) is 177 cm³/mol. The van der Waals surface area contributed by atoms with Crippen molar-refractivity contribution in [2.45, 2.75) is 169 Å². The van der Waals surface area contributed by atoms with Crippen molar-refractivity contribution in [2.75, 3.05) is 46.1 Å².